The van der Waals surface area contributed by atoms with Gasteiger partial charge in [-0.1, -0.05) is 38.0 Å². The number of unbranched alkanes of at least 4 members (excludes halogenated alkanes) is 2. The summed E-state index contributed by atoms with van der Waals surface area (Å²) < 4.78 is 6.42. The molecule has 1 saturated heterocycles. The summed E-state index contributed by atoms with van der Waals surface area (Å²) in [7, 11) is 0. The predicted molar refractivity (Wildman–Crippen MR) is 83.1 cm³/mol. The fourth-order valence-corrected chi connectivity index (χ4v) is 3.86. The average molecular weight is 287 g/mol. The van der Waals surface area contributed by atoms with E-state index >= 15 is 0 Å². The second kappa shape index (κ2) is 5.70. The van der Waals surface area contributed by atoms with Gasteiger partial charge >= 0.3 is 0 Å². The molecule has 1 fully saturated rings. The lowest BCUT2D eigenvalue weighted by Gasteiger charge is -2.53. The zero-order valence-corrected chi connectivity index (χ0v) is 13.1. The van der Waals surface area contributed by atoms with Crippen molar-refractivity contribution in [3.8, 4) is 5.75 Å². The van der Waals surface area contributed by atoms with Crippen LogP contribution in [0.15, 0.2) is 24.3 Å². The first-order chi connectivity index (χ1) is 10.2. The first-order valence-electron chi connectivity index (χ1n) is 8.28. The largest absolute Gasteiger partial charge is 0.468 e. The van der Waals surface area contributed by atoms with Crippen LogP contribution in [0.1, 0.15) is 70.4 Å². The summed E-state index contributed by atoms with van der Waals surface area (Å²) in [6.45, 7) is 4.35. The predicted octanol–water partition coefficient (Wildman–Crippen LogP) is 4.43. The van der Waals surface area contributed by atoms with Gasteiger partial charge in [-0.25, -0.2) is 0 Å². The minimum absolute atomic E-state index is 0.115. The quantitative estimate of drug-likeness (QED) is 0.767. The molecule has 2 heterocycles. The monoisotopic (exact) mass is 287 g/mol. The van der Waals surface area contributed by atoms with E-state index in [9.17, 15) is 4.79 Å². The van der Waals surface area contributed by atoms with Crippen molar-refractivity contribution >= 4 is 5.91 Å². The van der Waals surface area contributed by atoms with E-state index in [0.29, 0.717) is 6.42 Å². The van der Waals surface area contributed by atoms with Crippen molar-refractivity contribution < 1.29 is 9.53 Å². The van der Waals surface area contributed by atoms with Crippen LogP contribution >= 0.6 is 0 Å². The number of carbonyl (C=O) groups excluding carboxylic acids is 1. The Labute approximate surface area is 127 Å². The minimum Gasteiger partial charge on any atom is -0.468 e. The Morgan fingerprint density at radius 2 is 2.14 bits per heavy atom. The zero-order chi connectivity index (χ0) is 14.9. The molecule has 0 aliphatic carbocycles. The van der Waals surface area contributed by atoms with Gasteiger partial charge in [0.15, 0.2) is 5.72 Å². The second-order valence-electron chi connectivity index (χ2n) is 6.34. The number of para-hydroxylation sites is 1. The van der Waals surface area contributed by atoms with Crippen LogP contribution in [0.3, 0.4) is 0 Å². The molecule has 0 unspecified atom stereocenters. The van der Waals surface area contributed by atoms with E-state index in [1.54, 1.807) is 0 Å². The van der Waals surface area contributed by atoms with Gasteiger partial charge < -0.3 is 4.74 Å². The highest BCUT2D eigenvalue weighted by atomic mass is 16.5. The molecule has 0 saturated carbocycles. The number of amides is 1. The Hall–Kier alpha value is -1.51. The van der Waals surface area contributed by atoms with Crippen LogP contribution in [0, 0.1) is 0 Å². The molecule has 0 bridgehead atoms. The molecule has 2 aliphatic rings. The topological polar surface area (TPSA) is 29.5 Å². The van der Waals surface area contributed by atoms with E-state index in [-0.39, 0.29) is 11.9 Å². The van der Waals surface area contributed by atoms with E-state index < -0.39 is 5.72 Å². The highest BCUT2D eigenvalue weighted by Gasteiger charge is 2.49. The van der Waals surface area contributed by atoms with Crippen LogP contribution in [0.4, 0.5) is 0 Å². The lowest BCUT2D eigenvalue weighted by Crippen LogP contribution is -2.61. The molecule has 0 N–H and O–H groups in total. The molecule has 114 valence electrons. The molecule has 0 radical (unpaired) electrons. The van der Waals surface area contributed by atoms with Crippen LogP contribution in [0.25, 0.3) is 0 Å². The Morgan fingerprint density at radius 1 is 1.33 bits per heavy atom. The van der Waals surface area contributed by atoms with E-state index in [2.05, 4.69) is 19.9 Å². The maximum Gasteiger partial charge on any atom is 0.226 e. The first-order valence-corrected chi connectivity index (χ1v) is 8.28. The van der Waals surface area contributed by atoms with E-state index in [1.165, 1.54) is 12.8 Å². The summed E-state index contributed by atoms with van der Waals surface area (Å²) in [4.78, 5) is 14.6. The van der Waals surface area contributed by atoms with Crippen molar-refractivity contribution in [3.05, 3.63) is 29.8 Å². The summed E-state index contributed by atoms with van der Waals surface area (Å²) in [5.74, 6) is 1.22. The summed E-state index contributed by atoms with van der Waals surface area (Å²) in [5, 5.41) is 0. The number of hydrogen-bond donors (Lipinski definition) is 0. The van der Waals surface area contributed by atoms with Crippen LogP contribution in [-0.2, 0) is 4.79 Å². The third kappa shape index (κ3) is 2.43. The van der Waals surface area contributed by atoms with Crippen molar-refractivity contribution in [1.82, 2.24) is 4.90 Å². The third-order valence-corrected chi connectivity index (χ3v) is 4.89. The molecular formula is C18H25NO2. The van der Waals surface area contributed by atoms with E-state index in [1.807, 2.05) is 23.1 Å². The molecule has 2 aliphatic heterocycles. The molecule has 1 amide bonds. The number of carbonyl (C=O) groups is 1. The fourth-order valence-electron chi connectivity index (χ4n) is 3.86. The first kappa shape index (κ1) is 14.4. The molecule has 1 aromatic rings. The molecule has 1 aromatic carbocycles. The van der Waals surface area contributed by atoms with Gasteiger partial charge in [-0.2, -0.15) is 0 Å². The van der Waals surface area contributed by atoms with Gasteiger partial charge in [0.2, 0.25) is 5.91 Å². The van der Waals surface area contributed by atoms with Crippen molar-refractivity contribution in [1.29, 1.82) is 0 Å². The van der Waals surface area contributed by atoms with Gasteiger partial charge in [0.25, 0.3) is 0 Å². The summed E-state index contributed by atoms with van der Waals surface area (Å²) >= 11 is 0. The van der Waals surface area contributed by atoms with Gasteiger partial charge in [-0.15, -0.1) is 0 Å². The van der Waals surface area contributed by atoms with E-state index in [0.717, 1.165) is 37.0 Å². The number of hydrogen-bond acceptors (Lipinski definition) is 2. The highest BCUT2D eigenvalue weighted by molar-refractivity contribution is 5.79. The number of nitrogens with zero attached hydrogens (tertiary/aromatic N) is 1. The minimum atomic E-state index is -0.404. The Kier molecular flexibility index (Phi) is 3.92. The van der Waals surface area contributed by atoms with Crippen LogP contribution in [-0.4, -0.2) is 16.5 Å². The van der Waals surface area contributed by atoms with Crippen LogP contribution < -0.4 is 4.74 Å². The molecule has 3 nitrogen and oxygen atoms in total. The Bertz CT molecular complexity index is 528. The van der Waals surface area contributed by atoms with Gasteiger partial charge in [-0.3, -0.25) is 9.69 Å². The lowest BCUT2D eigenvalue weighted by atomic mass is 9.87. The van der Waals surface area contributed by atoms with Crippen molar-refractivity contribution in [2.24, 2.45) is 0 Å². The van der Waals surface area contributed by atoms with Crippen molar-refractivity contribution in [2.75, 3.05) is 0 Å². The smallest absolute Gasteiger partial charge is 0.226 e. The zero-order valence-electron chi connectivity index (χ0n) is 13.1. The molecule has 2 atom stereocenters. The average Bonchev–Trinajstić information content (AvgIpc) is 2.47. The van der Waals surface area contributed by atoms with Gasteiger partial charge in [0, 0.05) is 24.8 Å². The van der Waals surface area contributed by atoms with E-state index in [4.69, 9.17) is 4.74 Å². The number of piperidine rings is 1. The van der Waals surface area contributed by atoms with Crippen LogP contribution in [0.2, 0.25) is 0 Å². The fraction of sp³-hybridized carbons (Fsp3) is 0.611. The Morgan fingerprint density at radius 3 is 2.95 bits per heavy atom. The third-order valence-electron chi connectivity index (χ3n) is 4.89. The van der Waals surface area contributed by atoms with Gasteiger partial charge in [0.05, 0.1) is 6.04 Å². The van der Waals surface area contributed by atoms with Crippen molar-refractivity contribution in [2.45, 2.75) is 70.6 Å². The van der Waals surface area contributed by atoms with Gasteiger partial charge in [0.1, 0.15) is 5.75 Å². The number of rotatable bonds is 4. The van der Waals surface area contributed by atoms with Gasteiger partial charge in [-0.05, 0) is 25.8 Å². The normalized spacial score (nSPS) is 27.8. The summed E-state index contributed by atoms with van der Waals surface area (Å²) in [6.07, 6.45) is 7.02. The SMILES string of the molecule is CCCCC[C@@]12CCCC(=O)N1[C@H](C)c1ccccc1O2. The number of ether oxygens (including phenoxy) is 1. The standard InChI is InChI=1S/C18H25NO2/c1-3-4-7-12-18-13-8-11-17(20)19(18)14(2)15-9-5-6-10-16(15)21-18/h5-6,9-10,14H,3-4,7-8,11-13H2,1-2H3/t14-,18-/m1/s1. The second-order valence-corrected chi connectivity index (χ2v) is 6.34. The molecule has 0 aromatic heterocycles. The molecule has 3 heteroatoms. The van der Waals surface area contributed by atoms with Crippen molar-refractivity contribution in [3.63, 3.8) is 0 Å². The maximum atomic E-state index is 12.5. The molecule has 3 rings (SSSR count). The molecular weight excluding hydrogens is 262 g/mol. The van der Waals surface area contributed by atoms with Crippen LogP contribution in [0.5, 0.6) is 5.75 Å². The summed E-state index contributed by atoms with van der Waals surface area (Å²) in [6, 6.07) is 8.29. The highest BCUT2D eigenvalue weighted by Crippen LogP contribution is 2.47. The maximum absolute atomic E-state index is 12.5. The molecule has 21 heavy (non-hydrogen) atoms. The summed E-state index contributed by atoms with van der Waals surface area (Å²) in [5.41, 5.74) is 0.733. The molecule has 0 spiro atoms. The number of fused-ring (bicyclic) bond motifs is 2. The Balaban J connectivity index is 1.96. The number of benzene rings is 1. The lowest BCUT2D eigenvalue weighted by molar-refractivity contribution is -0.179.